The zero-order chi connectivity index (χ0) is 86.6. The summed E-state index contributed by atoms with van der Waals surface area (Å²) in [5.41, 5.74) is 1.56. The van der Waals surface area contributed by atoms with Crippen LogP contribution in [0.25, 0.3) is 11.1 Å². The van der Waals surface area contributed by atoms with Crippen molar-refractivity contribution >= 4 is 70.8 Å². The summed E-state index contributed by atoms with van der Waals surface area (Å²) < 4.78 is 39.5. The Balaban J connectivity index is 1.18. The number of benzene rings is 5. The summed E-state index contributed by atoms with van der Waals surface area (Å²) >= 11 is 7.16. The highest BCUT2D eigenvalue weighted by atomic mass is 35.5. The van der Waals surface area contributed by atoms with E-state index in [-0.39, 0.29) is 46.4 Å². The van der Waals surface area contributed by atoms with E-state index in [4.69, 9.17) is 45.8 Å². The van der Waals surface area contributed by atoms with Gasteiger partial charge in [-0.3, -0.25) is 43.2 Å². The van der Waals surface area contributed by atoms with Crippen molar-refractivity contribution in [2.24, 2.45) is 11.7 Å². The number of phenols is 3. The molecule has 7 heterocycles. The van der Waals surface area contributed by atoms with E-state index in [9.17, 15) is 84.9 Å². The second-order valence-electron chi connectivity index (χ2n) is 30.9. The van der Waals surface area contributed by atoms with E-state index in [1.54, 1.807) is 13.8 Å². The van der Waals surface area contributed by atoms with Crippen LogP contribution in [0.2, 0.25) is 5.02 Å². The Bertz CT molecular complexity index is 4540. The number of aliphatic carboxylic acids is 2. The van der Waals surface area contributed by atoms with E-state index in [1.165, 1.54) is 56.3 Å². The van der Waals surface area contributed by atoms with E-state index in [0.29, 0.717) is 6.54 Å². The van der Waals surface area contributed by atoms with Gasteiger partial charge in [-0.15, -0.1) is 0 Å². The maximum Gasteiger partial charge on any atom is 0.326 e. The highest BCUT2D eigenvalue weighted by molar-refractivity contribution is 6.32. The van der Waals surface area contributed by atoms with Crippen LogP contribution in [0.1, 0.15) is 176 Å². The van der Waals surface area contributed by atoms with Crippen LogP contribution in [0.3, 0.4) is 0 Å². The van der Waals surface area contributed by atoms with Crippen LogP contribution in [-0.2, 0) is 62.2 Å². The van der Waals surface area contributed by atoms with Gasteiger partial charge in [-0.1, -0.05) is 108 Å². The zero-order valence-corrected chi connectivity index (χ0v) is 66.8. The molecule has 11 bridgehead atoms. The van der Waals surface area contributed by atoms with Gasteiger partial charge in [0.15, 0.2) is 23.9 Å². The first kappa shape index (κ1) is 90.8. The van der Waals surface area contributed by atoms with Crippen LogP contribution in [0.15, 0.2) is 84.9 Å². The van der Waals surface area contributed by atoms with Crippen LogP contribution >= 0.6 is 11.6 Å². The average Bonchev–Trinajstić information content (AvgIpc) is 0.762. The van der Waals surface area contributed by atoms with Crippen molar-refractivity contribution in [2.75, 3.05) is 20.2 Å². The van der Waals surface area contributed by atoms with Crippen molar-refractivity contribution in [1.82, 2.24) is 47.9 Å². The molecule has 7 aliphatic heterocycles. The lowest BCUT2D eigenvalue weighted by atomic mass is 9.84. The largest absolute Gasteiger partial charge is 0.508 e. The van der Waals surface area contributed by atoms with Gasteiger partial charge in [0.2, 0.25) is 59.3 Å². The monoisotopic (exact) mass is 1680 g/mol. The number of ether oxygens (including phenoxy) is 6. The molecule has 0 aliphatic carbocycles. The fourth-order valence-electron chi connectivity index (χ4n) is 15.0. The van der Waals surface area contributed by atoms with Crippen molar-refractivity contribution in [1.29, 1.82) is 0 Å². The number of carboxylic acids is 2. The molecule has 2 saturated heterocycles. The Hall–Kier alpha value is -10.6. The molecule has 3 unspecified atom stereocenters. The van der Waals surface area contributed by atoms with Gasteiger partial charge in [-0.2, -0.15) is 0 Å². The number of nitrogens with two attached hydrogens (primary N) is 1. The maximum absolute atomic E-state index is 16.3. The molecule has 12 rings (SSSR count). The Morgan fingerprint density at radius 3 is 1.96 bits per heavy atom. The number of amides is 8. The van der Waals surface area contributed by atoms with E-state index >= 15 is 19.2 Å². The molecule has 0 radical (unpaired) electrons. The standard InChI is InChI=1S/C81H103ClN10O27/c1-7-8-9-10-11-12-13-14-15-24-85-81(5)34-58(114-37(4)71(81)104)118-70-68(103)67(102)55(35-93)117-80(70)119-69-53-28-41-29-54(69)116-52-23-19-40(27-46(52)82)66(101)64(91-72(105)47(84-6)25-36(2)3)77(110)86-48(32-56(83)97)73(106)88-61(41)75(108)89-60-39-18-22-50(95)44(26-39)59-45(30-42(94)31-51(59)96)62(76(109)87-49(79(112)113)33-57(98)99)90-78(111)63(92-74(60)107)65(100)38-16-20-43(115-53)21-17-38/h16-23,26-31,36-37,47-49,55,58,60-68,70-71,80,84-85,93-96,100-104H,7-15,24-25,32-35H2,1-6H3,(H2,83,97)(H,86,110)(H,87,109)(H,88,106)(H,89,108)(H,90,111)(H,91,105)(H,92,107)(H,98,99)(H,112,113)/t37-,47-,48-,49?,55+,58-,60?,61+,62-,63-,64?,65+,66+,67+,68-,70+,71+,80-,81-/m0/s1. The van der Waals surface area contributed by atoms with Gasteiger partial charge < -0.3 is 138 Å². The number of carbonyl (C=O) groups is 10. The number of hydrogen-bond acceptors (Lipinski definition) is 27. The number of rotatable bonds is 28. The minimum Gasteiger partial charge on any atom is -0.508 e. The number of aromatic hydroxyl groups is 3. The molecule has 37 nitrogen and oxygen atoms in total. The van der Waals surface area contributed by atoms with E-state index < -0.39 is 256 Å². The summed E-state index contributed by atoms with van der Waals surface area (Å²) in [6, 6.07) is -1.95. The number of halogens is 1. The van der Waals surface area contributed by atoms with Crippen molar-refractivity contribution in [3.05, 3.63) is 118 Å². The lowest BCUT2D eigenvalue weighted by molar-refractivity contribution is -0.334. The smallest absolute Gasteiger partial charge is 0.326 e. The molecule has 0 saturated carbocycles. The number of aliphatic hydroxyl groups is 6. The molecule has 0 aromatic heterocycles. The number of likely N-dealkylation sites (N-methyl/N-ethyl adjacent to an activating group) is 1. The minimum absolute atomic E-state index is 0.0921. The molecule has 38 heteroatoms. The quantitative estimate of drug-likeness (QED) is 0.0320. The Morgan fingerprint density at radius 1 is 0.681 bits per heavy atom. The third-order valence-electron chi connectivity index (χ3n) is 21.5. The molecule has 8 amide bonds. The molecule has 5 aromatic carbocycles. The van der Waals surface area contributed by atoms with E-state index in [2.05, 4.69) is 49.5 Å². The maximum atomic E-state index is 16.3. The molecular weight excluding hydrogens is 1580 g/mol. The number of aliphatic hydroxyl groups excluding tert-OH is 6. The number of fused-ring (bicyclic) bond motifs is 15. The first-order chi connectivity index (χ1) is 56.5. The van der Waals surface area contributed by atoms with Gasteiger partial charge in [0, 0.05) is 29.2 Å². The Labute approximate surface area is 688 Å². The van der Waals surface area contributed by atoms with Gasteiger partial charge in [0.25, 0.3) is 0 Å². The van der Waals surface area contributed by atoms with E-state index in [0.717, 1.165) is 93.5 Å². The predicted octanol–water partition coefficient (Wildman–Crippen LogP) is 2.57. The number of nitrogens with one attached hydrogen (secondary N) is 9. The van der Waals surface area contributed by atoms with Crippen LogP contribution < -0.4 is 67.8 Å². The first-order valence-corrected chi connectivity index (χ1v) is 39.6. The lowest BCUT2D eigenvalue weighted by Gasteiger charge is -2.48. The second-order valence-corrected chi connectivity index (χ2v) is 31.3. The van der Waals surface area contributed by atoms with Gasteiger partial charge in [-0.25, -0.2) is 4.79 Å². The molecule has 7 aliphatic rings. The van der Waals surface area contributed by atoms with E-state index in [1.807, 2.05) is 19.2 Å². The number of phenolic OH excluding ortho intramolecular Hbond substituents is 3. The third-order valence-corrected chi connectivity index (χ3v) is 21.8. The number of carbonyl (C=O) groups excluding carboxylic acids is 8. The molecule has 19 atom stereocenters. The van der Waals surface area contributed by atoms with Crippen molar-refractivity contribution < 1.29 is 133 Å². The summed E-state index contributed by atoms with van der Waals surface area (Å²) in [5, 5.41) is 149. The number of unbranched alkanes of at least 4 members (excludes halogenated alkanes) is 8. The molecule has 2 fully saturated rings. The zero-order valence-electron chi connectivity index (χ0n) is 66.1. The molecule has 0 spiro atoms. The Morgan fingerprint density at radius 2 is 1.32 bits per heavy atom. The first-order valence-electron chi connectivity index (χ1n) is 39.3. The van der Waals surface area contributed by atoms with Crippen molar-refractivity contribution in [2.45, 2.75) is 233 Å². The lowest BCUT2D eigenvalue weighted by Crippen LogP contribution is -2.65. The molecular formula is C81H103ClN10O27. The number of primary amides is 1. The van der Waals surface area contributed by atoms with Crippen LogP contribution in [0.5, 0.6) is 46.0 Å². The van der Waals surface area contributed by atoms with Gasteiger partial charge >= 0.3 is 11.9 Å². The molecule has 5 aromatic rings. The summed E-state index contributed by atoms with van der Waals surface area (Å²) in [6.07, 6.45) is -9.97. The summed E-state index contributed by atoms with van der Waals surface area (Å²) in [4.78, 5) is 144. The van der Waals surface area contributed by atoms with Crippen LogP contribution in [0.4, 0.5) is 0 Å². The number of carboxylic acid groups (broad SMARTS) is 2. The minimum atomic E-state index is -2.37. The number of hydrogen-bond donors (Lipinski definition) is 21. The van der Waals surface area contributed by atoms with Crippen molar-refractivity contribution in [3.63, 3.8) is 0 Å². The third kappa shape index (κ3) is 21.9. The summed E-state index contributed by atoms with van der Waals surface area (Å²) in [5.74, 6) is -19.5. The highest BCUT2D eigenvalue weighted by Gasteiger charge is 2.52. The van der Waals surface area contributed by atoms with Gasteiger partial charge in [0.05, 0.1) is 42.7 Å². The second kappa shape index (κ2) is 40.0. The fraction of sp³-hybridized carbons (Fsp3) is 0.506. The van der Waals surface area contributed by atoms with Gasteiger partial charge in [-0.05, 0) is 129 Å². The predicted molar refractivity (Wildman–Crippen MR) is 420 cm³/mol. The molecule has 22 N–H and O–H groups in total. The van der Waals surface area contributed by atoms with Crippen LogP contribution in [0, 0.1) is 5.92 Å². The average molecular weight is 1680 g/mol. The molecule has 119 heavy (non-hydrogen) atoms. The summed E-state index contributed by atoms with van der Waals surface area (Å²) in [6.45, 7) is 8.67. The van der Waals surface area contributed by atoms with Crippen LogP contribution in [-0.4, -0.2) is 221 Å². The normalized spacial score (nSPS) is 27.0. The van der Waals surface area contributed by atoms with Gasteiger partial charge in [0.1, 0.15) is 102 Å². The fourth-order valence-corrected chi connectivity index (χ4v) is 15.3. The Kier molecular flexibility index (Phi) is 30.5. The summed E-state index contributed by atoms with van der Waals surface area (Å²) in [7, 11) is 1.47. The SMILES string of the molecule is CCCCCCCCCCCN[C@@]1(C)C[C@H](O[C@H]2[C@H](Oc3c4cc5cc3Oc3ccc(cc3Cl)[C@@H](O)C(NC(=O)[C@H](CC(C)C)NC)C(=O)N[C@@H](CC(N)=O)C(=O)N[C@H]5C(=O)NC3C(=O)N[C@H](C(=O)N[C@H](C(=O)NC(CC(=O)O)C(=O)O)c5cc(O)cc(O)c5-c5cc3ccc5O)[C@H](O)c3ccc(cc3)O4)O[C@H](CO)[C@@H](O)[C@@H]2O)O[C@@H](C)[C@H]1O. The topological polar surface area (TPSA) is 583 Å². The van der Waals surface area contributed by atoms with Crippen molar-refractivity contribution in [3.8, 4) is 57.1 Å². The molecule has 646 valence electrons. The highest BCUT2D eigenvalue weighted by Crippen LogP contribution is 2.49.